The van der Waals surface area contributed by atoms with Crippen molar-refractivity contribution >= 4 is 5.91 Å². The molecule has 0 bridgehead atoms. The summed E-state index contributed by atoms with van der Waals surface area (Å²) in [5.41, 5.74) is 1.44. The Morgan fingerprint density at radius 3 is 2.47 bits per heavy atom. The average Bonchev–Trinajstić information content (AvgIpc) is 2.46. The Labute approximate surface area is 116 Å². The Morgan fingerprint density at radius 1 is 1.05 bits per heavy atom. The molecule has 0 aromatic heterocycles. The van der Waals surface area contributed by atoms with E-state index in [9.17, 15) is 4.79 Å². The summed E-state index contributed by atoms with van der Waals surface area (Å²) in [5, 5.41) is 2.57. The standard InChI is InChI=1S/C17H25NO/c1-18-17(19)15-11-6-4-2-3-5-8-12-16-13-9-7-10-14-16/h7,9-11,13-15H,2-6,8,12H2,1H3,(H,18,19). The summed E-state index contributed by atoms with van der Waals surface area (Å²) in [6.45, 7) is 0. The number of carbonyl (C=O) groups excluding carboxylic acids is 1. The third-order valence-corrected chi connectivity index (χ3v) is 3.19. The van der Waals surface area contributed by atoms with E-state index in [1.165, 1.54) is 44.1 Å². The first-order valence-electron chi connectivity index (χ1n) is 7.25. The maximum atomic E-state index is 10.9. The molecule has 104 valence electrons. The Hall–Kier alpha value is -1.57. The van der Waals surface area contributed by atoms with Crippen molar-refractivity contribution in [3.63, 3.8) is 0 Å². The molecule has 2 nitrogen and oxygen atoms in total. The molecule has 1 N–H and O–H groups in total. The Bertz CT molecular complexity index is 370. The lowest BCUT2D eigenvalue weighted by Crippen LogP contribution is -2.13. The van der Waals surface area contributed by atoms with Crippen molar-refractivity contribution in [2.75, 3.05) is 7.05 Å². The molecular weight excluding hydrogens is 234 g/mol. The van der Waals surface area contributed by atoms with Crippen molar-refractivity contribution in [1.29, 1.82) is 0 Å². The number of carbonyl (C=O) groups is 1. The van der Waals surface area contributed by atoms with Crippen LogP contribution in [0, 0.1) is 0 Å². The molecule has 0 saturated heterocycles. The Morgan fingerprint density at radius 2 is 1.74 bits per heavy atom. The van der Waals surface area contributed by atoms with Crippen LogP contribution in [0.3, 0.4) is 0 Å². The Balaban J connectivity index is 1.92. The predicted molar refractivity (Wildman–Crippen MR) is 81.1 cm³/mol. The van der Waals surface area contributed by atoms with E-state index in [0.29, 0.717) is 0 Å². The van der Waals surface area contributed by atoms with Gasteiger partial charge in [-0.3, -0.25) is 4.79 Å². The molecule has 1 rings (SSSR count). The molecule has 19 heavy (non-hydrogen) atoms. The summed E-state index contributed by atoms with van der Waals surface area (Å²) in [6, 6.07) is 10.7. The fourth-order valence-electron chi connectivity index (χ4n) is 2.04. The SMILES string of the molecule is CNC(=O)C=CCCCCCCCc1ccccc1. The smallest absolute Gasteiger partial charge is 0.243 e. The van der Waals surface area contributed by atoms with Gasteiger partial charge in [0.15, 0.2) is 0 Å². The maximum absolute atomic E-state index is 10.9. The molecule has 0 aliphatic heterocycles. The maximum Gasteiger partial charge on any atom is 0.243 e. The number of allylic oxidation sites excluding steroid dienone is 1. The van der Waals surface area contributed by atoms with Gasteiger partial charge in [-0.15, -0.1) is 0 Å². The molecule has 1 aromatic rings. The van der Waals surface area contributed by atoms with E-state index in [0.717, 1.165) is 6.42 Å². The second kappa shape index (κ2) is 10.4. The highest BCUT2D eigenvalue weighted by atomic mass is 16.1. The zero-order valence-corrected chi connectivity index (χ0v) is 11.9. The zero-order valence-electron chi connectivity index (χ0n) is 11.9. The van der Waals surface area contributed by atoms with Gasteiger partial charge in [0, 0.05) is 7.05 Å². The minimum absolute atomic E-state index is 0.0112. The van der Waals surface area contributed by atoms with Crippen molar-refractivity contribution in [3.8, 4) is 0 Å². The fraction of sp³-hybridized carbons (Fsp3) is 0.471. The van der Waals surface area contributed by atoms with Gasteiger partial charge in [0.1, 0.15) is 0 Å². The molecule has 0 radical (unpaired) electrons. The van der Waals surface area contributed by atoms with Crippen molar-refractivity contribution in [2.24, 2.45) is 0 Å². The van der Waals surface area contributed by atoms with E-state index < -0.39 is 0 Å². The third-order valence-electron chi connectivity index (χ3n) is 3.19. The van der Waals surface area contributed by atoms with Crippen LogP contribution in [0.5, 0.6) is 0 Å². The van der Waals surface area contributed by atoms with Crippen LogP contribution in [0.25, 0.3) is 0 Å². The van der Waals surface area contributed by atoms with E-state index in [4.69, 9.17) is 0 Å². The van der Waals surface area contributed by atoms with Crippen LogP contribution in [-0.4, -0.2) is 13.0 Å². The molecule has 0 spiro atoms. The summed E-state index contributed by atoms with van der Waals surface area (Å²) < 4.78 is 0. The molecule has 0 aliphatic carbocycles. The van der Waals surface area contributed by atoms with Crippen molar-refractivity contribution in [2.45, 2.75) is 44.9 Å². The van der Waals surface area contributed by atoms with Gasteiger partial charge in [0.25, 0.3) is 0 Å². The summed E-state index contributed by atoms with van der Waals surface area (Å²) in [6.07, 6.45) is 12.1. The molecule has 1 amide bonds. The van der Waals surface area contributed by atoms with Gasteiger partial charge in [0.2, 0.25) is 5.91 Å². The highest BCUT2D eigenvalue weighted by molar-refractivity contribution is 5.87. The molecule has 0 unspecified atom stereocenters. The molecule has 0 atom stereocenters. The molecule has 0 saturated carbocycles. The largest absolute Gasteiger partial charge is 0.356 e. The van der Waals surface area contributed by atoms with E-state index in [1.807, 2.05) is 6.08 Å². The van der Waals surface area contributed by atoms with Gasteiger partial charge in [-0.05, 0) is 37.3 Å². The van der Waals surface area contributed by atoms with Crippen LogP contribution in [-0.2, 0) is 11.2 Å². The number of unbranched alkanes of at least 4 members (excludes halogenated alkanes) is 5. The molecule has 0 fully saturated rings. The Kier molecular flexibility index (Phi) is 8.45. The van der Waals surface area contributed by atoms with E-state index >= 15 is 0 Å². The highest BCUT2D eigenvalue weighted by Gasteiger charge is 1.93. The first kappa shape index (κ1) is 15.5. The summed E-state index contributed by atoms with van der Waals surface area (Å²) in [7, 11) is 1.65. The topological polar surface area (TPSA) is 29.1 Å². The number of amides is 1. The second-order valence-electron chi connectivity index (χ2n) is 4.81. The number of hydrogen-bond donors (Lipinski definition) is 1. The molecule has 2 heteroatoms. The quantitative estimate of drug-likeness (QED) is 0.529. The summed E-state index contributed by atoms with van der Waals surface area (Å²) >= 11 is 0. The number of nitrogens with one attached hydrogen (secondary N) is 1. The van der Waals surface area contributed by atoms with Gasteiger partial charge >= 0.3 is 0 Å². The van der Waals surface area contributed by atoms with Crippen LogP contribution >= 0.6 is 0 Å². The van der Waals surface area contributed by atoms with Crippen LogP contribution in [0.4, 0.5) is 0 Å². The van der Waals surface area contributed by atoms with Gasteiger partial charge in [-0.25, -0.2) is 0 Å². The van der Waals surface area contributed by atoms with E-state index in [2.05, 4.69) is 35.6 Å². The van der Waals surface area contributed by atoms with Gasteiger partial charge in [-0.1, -0.05) is 55.7 Å². The minimum Gasteiger partial charge on any atom is -0.356 e. The number of benzene rings is 1. The monoisotopic (exact) mass is 259 g/mol. The lowest BCUT2D eigenvalue weighted by molar-refractivity contribution is -0.116. The van der Waals surface area contributed by atoms with Gasteiger partial charge in [-0.2, -0.15) is 0 Å². The first-order chi connectivity index (χ1) is 9.33. The minimum atomic E-state index is -0.0112. The normalized spacial score (nSPS) is 10.8. The molecular formula is C17H25NO. The molecule has 1 aromatic carbocycles. The van der Waals surface area contributed by atoms with Crippen LogP contribution < -0.4 is 5.32 Å². The first-order valence-corrected chi connectivity index (χ1v) is 7.25. The van der Waals surface area contributed by atoms with Gasteiger partial charge < -0.3 is 5.32 Å². The van der Waals surface area contributed by atoms with E-state index in [-0.39, 0.29) is 5.91 Å². The molecule has 0 heterocycles. The third kappa shape index (κ3) is 8.20. The zero-order chi connectivity index (χ0) is 13.8. The van der Waals surface area contributed by atoms with Crippen molar-refractivity contribution in [3.05, 3.63) is 48.0 Å². The van der Waals surface area contributed by atoms with Crippen LogP contribution in [0.2, 0.25) is 0 Å². The van der Waals surface area contributed by atoms with Crippen molar-refractivity contribution < 1.29 is 4.79 Å². The van der Waals surface area contributed by atoms with Crippen LogP contribution in [0.15, 0.2) is 42.5 Å². The van der Waals surface area contributed by atoms with Crippen molar-refractivity contribution in [1.82, 2.24) is 5.32 Å². The highest BCUT2D eigenvalue weighted by Crippen LogP contribution is 2.09. The number of hydrogen-bond acceptors (Lipinski definition) is 1. The fourth-order valence-corrected chi connectivity index (χ4v) is 2.04. The molecule has 0 aliphatic rings. The van der Waals surface area contributed by atoms with E-state index in [1.54, 1.807) is 13.1 Å². The predicted octanol–water partition coefficient (Wildman–Crippen LogP) is 3.87. The second-order valence-corrected chi connectivity index (χ2v) is 4.81. The summed E-state index contributed by atoms with van der Waals surface area (Å²) in [4.78, 5) is 10.9. The lowest BCUT2D eigenvalue weighted by atomic mass is 10.0. The van der Waals surface area contributed by atoms with Crippen LogP contribution in [0.1, 0.15) is 44.1 Å². The summed E-state index contributed by atoms with van der Waals surface area (Å²) in [5.74, 6) is -0.0112. The average molecular weight is 259 g/mol. The number of rotatable bonds is 9. The lowest BCUT2D eigenvalue weighted by Gasteiger charge is -2.01. The van der Waals surface area contributed by atoms with Gasteiger partial charge in [0.05, 0.1) is 0 Å². The number of likely N-dealkylation sites (N-methyl/N-ethyl adjacent to an activating group) is 1. The number of aryl methyl sites for hydroxylation is 1.